The number of hydrogen-bond acceptors (Lipinski definition) is 7. The van der Waals surface area contributed by atoms with Gasteiger partial charge in [0.05, 0.1) is 13.2 Å². The largest absolute Gasteiger partial charge is 0.462 e. The van der Waals surface area contributed by atoms with E-state index in [0.717, 1.165) is 10.4 Å². The molecule has 7 nitrogen and oxygen atoms in total. The third-order valence-corrected chi connectivity index (χ3v) is 11.7. The van der Waals surface area contributed by atoms with Gasteiger partial charge in [0.1, 0.15) is 12.2 Å². The number of hydrogen-bond donors (Lipinski definition) is 1. The molecule has 190 valence electrons. The Hall–Kier alpha value is -2.07. The van der Waals surface area contributed by atoms with Crippen LogP contribution in [0.2, 0.25) is 5.04 Å². The summed E-state index contributed by atoms with van der Waals surface area (Å²) in [6.07, 6.45) is -2.46. The molecule has 0 aromatic heterocycles. The molecule has 35 heavy (non-hydrogen) atoms. The van der Waals surface area contributed by atoms with E-state index < -0.39 is 44.2 Å². The van der Waals surface area contributed by atoms with E-state index in [4.69, 9.17) is 23.4 Å². The number of carbonyl (C=O) groups is 1. The number of benzene rings is 2. The molecule has 2 saturated heterocycles. The first-order valence-electron chi connectivity index (χ1n) is 12.1. The van der Waals surface area contributed by atoms with Crippen LogP contribution in [0.1, 0.15) is 41.5 Å². The average molecular weight is 501 g/mol. The Labute approximate surface area is 208 Å². The highest BCUT2D eigenvalue weighted by atomic mass is 28.4. The second-order valence-electron chi connectivity index (χ2n) is 10.6. The van der Waals surface area contributed by atoms with Gasteiger partial charge in [0, 0.05) is 0 Å². The van der Waals surface area contributed by atoms with Crippen molar-refractivity contribution >= 4 is 24.7 Å². The van der Waals surface area contributed by atoms with Gasteiger partial charge in [-0.25, -0.2) is 4.79 Å². The summed E-state index contributed by atoms with van der Waals surface area (Å²) >= 11 is 0. The third kappa shape index (κ3) is 4.59. The Morgan fingerprint density at radius 3 is 2.00 bits per heavy atom. The van der Waals surface area contributed by atoms with Crippen LogP contribution in [0, 0.1) is 0 Å². The molecule has 2 fully saturated rings. The van der Waals surface area contributed by atoms with Crippen LogP contribution in [-0.2, 0) is 28.2 Å². The van der Waals surface area contributed by atoms with Crippen molar-refractivity contribution in [1.82, 2.24) is 0 Å². The summed E-state index contributed by atoms with van der Waals surface area (Å²) in [4.78, 5) is 12.7. The topological polar surface area (TPSA) is 83.5 Å². The molecule has 2 aromatic carbocycles. The van der Waals surface area contributed by atoms with E-state index in [1.807, 2.05) is 36.4 Å². The van der Waals surface area contributed by atoms with Crippen molar-refractivity contribution in [2.75, 3.05) is 13.2 Å². The summed E-state index contributed by atoms with van der Waals surface area (Å²) in [6.45, 7) is 11.9. The summed E-state index contributed by atoms with van der Waals surface area (Å²) in [5.74, 6) is -4.15. The first-order chi connectivity index (χ1) is 16.4. The van der Waals surface area contributed by atoms with Gasteiger partial charge in [-0.3, -0.25) is 0 Å². The lowest BCUT2D eigenvalue weighted by molar-refractivity contribution is -0.275. The Kier molecular flexibility index (Phi) is 7.00. The summed E-state index contributed by atoms with van der Waals surface area (Å²) in [7, 11) is -2.86. The normalized spacial score (nSPS) is 28.0. The zero-order valence-corrected chi connectivity index (χ0v) is 22.3. The van der Waals surface area contributed by atoms with Crippen LogP contribution in [0.25, 0.3) is 0 Å². The lowest BCUT2D eigenvalue weighted by Crippen LogP contribution is -2.67. The number of fused-ring (bicyclic) bond motifs is 1. The molecule has 4 atom stereocenters. The summed E-state index contributed by atoms with van der Waals surface area (Å²) in [6, 6.07) is 20.5. The number of aliphatic hydroxyl groups is 1. The molecule has 1 unspecified atom stereocenters. The fourth-order valence-electron chi connectivity index (χ4n) is 5.22. The van der Waals surface area contributed by atoms with E-state index in [9.17, 15) is 9.90 Å². The Morgan fingerprint density at radius 1 is 0.971 bits per heavy atom. The second-order valence-corrected chi connectivity index (χ2v) is 14.9. The highest BCUT2D eigenvalue weighted by Crippen LogP contribution is 2.45. The van der Waals surface area contributed by atoms with E-state index >= 15 is 0 Å². The monoisotopic (exact) mass is 500 g/mol. The molecule has 0 bridgehead atoms. The quantitative estimate of drug-likeness (QED) is 0.462. The number of carbonyl (C=O) groups excluding carboxylic acids is 1. The molecule has 0 saturated carbocycles. The maximum Gasteiger partial charge on any atom is 0.369 e. The van der Waals surface area contributed by atoms with Crippen LogP contribution in [-0.4, -0.2) is 62.5 Å². The minimum Gasteiger partial charge on any atom is -0.462 e. The van der Waals surface area contributed by atoms with E-state index in [1.54, 1.807) is 20.8 Å². The van der Waals surface area contributed by atoms with E-state index in [0.29, 0.717) is 0 Å². The number of ether oxygens (including phenoxy) is 4. The van der Waals surface area contributed by atoms with Crippen LogP contribution in [0.3, 0.4) is 0 Å². The van der Waals surface area contributed by atoms with Crippen molar-refractivity contribution in [3.8, 4) is 0 Å². The predicted octanol–water partition coefficient (Wildman–Crippen LogP) is 2.73. The molecule has 8 heteroatoms. The lowest BCUT2D eigenvalue weighted by Gasteiger charge is -2.43. The molecule has 0 spiro atoms. The van der Waals surface area contributed by atoms with Crippen molar-refractivity contribution < 1.29 is 33.3 Å². The Balaban J connectivity index is 1.72. The van der Waals surface area contributed by atoms with Gasteiger partial charge in [-0.2, -0.15) is 0 Å². The van der Waals surface area contributed by atoms with Crippen molar-refractivity contribution in [2.24, 2.45) is 0 Å². The Bertz CT molecular complexity index is 981. The van der Waals surface area contributed by atoms with E-state index in [-0.39, 0.29) is 18.3 Å². The molecule has 2 aliphatic rings. The van der Waals surface area contributed by atoms with Crippen molar-refractivity contribution in [1.29, 1.82) is 0 Å². The van der Waals surface area contributed by atoms with Gasteiger partial charge in [-0.1, -0.05) is 81.4 Å². The highest BCUT2D eigenvalue weighted by molar-refractivity contribution is 6.99. The number of esters is 1. The standard InChI is InChI=1S/C27H36O7Si/c1-7-30-24(28)27(29)23-22(33-26(5,6)34-23)21(32-27)18-31-35(25(2,3)4,19-14-10-8-11-15-19)20-16-12-9-13-17-20/h8-17,21-23,29H,7,18H2,1-6H3/t21-,22+,23+,27?/m1/s1. The third-order valence-electron chi connectivity index (χ3n) is 6.66. The van der Waals surface area contributed by atoms with E-state index in [2.05, 4.69) is 45.0 Å². The summed E-state index contributed by atoms with van der Waals surface area (Å²) < 4.78 is 30.0. The first kappa shape index (κ1) is 26.0. The maximum absolute atomic E-state index is 12.7. The molecule has 2 heterocycles. The minimum atomic E-state index is -2.86. The molecule has 4 rings (SSSR count). The zero-order chi connectivity index (χ0) is 25.5. The minimum absolute atomic E-state index is 0.107. The molecule has 0 radical (unpaired) electrons. The van der Waals surface area contributed by atoms with Gasteiger partial charge >= 0.3 is 5.97 Å². The molecular weight excluding hydrogens is 464 g/mol. The Morgan fingerprint density at radius 2 is 1.51 bits per heavy atom. The zero-order valence-electron chi connectivity index (χ0n) is 21.3. The van der Waals surface area contributed by atoms with Gasteiger partial charge in [-0.15, -0.1) is 0 Å². The molecule has 2 aliphatic heterocycles. The second kappa shape index (κ2) is 9.42. The number of rotatable bonds is 7. The van der Waals surface area contributed by atoms with Gasteiger partial charge < -0.3 is 28.5 Å². The predicted molar refractivity (Wildman–Crippen MR) is 134 cm³/mol. The lowest BCUT2D eigenvalue weighted by atomic mass is 10.1. The molecule has 0 aliphatic carbocycles. The average Bonchev–Trinajstić information content (AvgIpc) is 3.27. The molecule has 2 aromatic rings. The van der Waals surface area contributed by atoms with Crippen LogP contribution in [0.5, 0.6) is 0 Å². The molecule has 0 amide bonds. The molecular formula is C27H36O7Si. The fourth-order valence-corrected chi connectivity index (χ4v) is 9.79. The van der Waals surface area contributed by atoms with E-state index in [1.165, 1.54) is 0 Å². The van der Waals surface area contributed by atoms with Crippen LogP contribution in [0.15, 0.2) is 60.7 Å². The maximum atomic E-state index is 12.7. The van der Waals surface area contributed by atoms with Gasteiger partial charge in [0.2, 0.25) is 0 Å². The first-order valence-corrected chi connectivity index (χ1v) is 14.0. The molecule has 1 N–H and O–H groups in total. The van der Waals surface area contributed by atoms with Crippen LogP contribution in [0.4, 0.5) is 0 Å². The van der Waals surface area contributed by atoms with Gasteiger partial charge in [0.25, 0.3) is 14.1 Å². The smallest absolute Gasteiger partial charge is 0.369 e. The summed E-state index contributed by atoms with van der Waals surface area (Å²) in [5.41, 5.74) is 0. The van der Waals surface area contributed by atoms with Gasteiger partial charge in [0.15, 0.2) is 11.9 Å². The highest BCUT2D eigenvalue weighted by Gasteiger charge is 2.67. The van der Waals surface area contributed by atoms with Crippen LogP contribution < -0.4 is 10.4 Å². The fraction of sp³-hybridized carbons (Fsp3) is 0.519. The van der Waals surface area contributed by atoms with Crippen molar-refractivity contribution in [3.05, 3.63) is 60.7 Å². The van der Waals surface area contributed by atoms with Crippen LogP contribution >= 0.6 is 0 Å². The van der Waals surface area contributed by atoms with Crippen molar-refractivity contribution in [2.45, 2.75) is 76.5 Å². The van der Waals surface area contributed by atoms with Gasteiger partial charge in [-0.05, 0) is 36.2 Å². The SMILES string of the molecule is CCOC(=O)C1(O)O[C@H](CO[Si](c2ccccc2)(c2ccccc2)C(C)(C)C)[C@@H]2OC(C)(C)O[C@@H]21. The summed E-state index contributed by atoms with van der Waals surface area (Å²) in [5, 5.41) is 13.2. The van der Waals surface area contributed by atoms with Crippen molar-refractivity contribution in [3.63, 3.8) is 0 Å².